The predicted octanol–water partition coefficient (Wildman–Crippen LogP) is 5.94. The van der Waals surface area contributed by atoms with Crippen LogP contribution in [0.2, 0.25) is 0 Å². The number of hydrogen-bond acceptors (Lipinski definition) is 6. The van der Waals surface area contributed by atoms with E-state index >= 15 is 0 Å². The fourth-order valence-corrected chi connectivity index (χ4v) is 6.68. The van der Waals surface area contributed by atoms with Crippen LogP contribution < -0.4 is 5.73 Å². The fourth-order valence-electron chi connectivity index (χ4n) is 6.68. The summed E-state index contributed by atoms with van der Waals surface area (Å²) in [4.78, 5) is 49.9. The van der Waals surface area contributed by atoms with Crippen LogP contribution in [-0.4, -0.2) is 70.5 Å². The van der Waals surface area contributed by atoms with Crippen molar-refractivity contribution in [3.05, 3.63) is 29.3 Å². The van der Waals surface area contributed by atoms with Gasteiger partial charge in [0.1, 0.15) is 6.54 Å². The van der Waals surface area contributed by atoms with Crippen molar-refractivity contribution >= 4 is 29.2 Å². The molecule has 1 aromatic carbocycles. The highest BCUT2D eigenvalue weighted by atomic mass is 16.2. The lowest BCUT2D eigenvalue weighted by atomic mass is 9.93. The van der Waals surface area contributed by atoms with E-state index in [1.807, 2.05) is 24.1 Å². The smallest absolute Gasteiger partial charge is 0.242 e. The first-order chi connectivity index (χ1) is 19.9. The minimum Gasteiger partial charge on any atom is -0.369 e. The second-order valence-corrected chi connectivity index (χ2v) is 12.3. The highest BCUT2D eigenvalue weighted by Gasteiger charge is 2.28. The summed E-state index contributed by atoms with van der Waals surface area (Å²) in [5.41, 5.74) is 8.44. The zero-order chi connectivity index (χ0) is 29.2. The first kappa shape index (κ1) is 31.0. The molecular formula is C33H51N5O3. The third-order valence-corrected chi connectivity index (χ3v) is 9.32. The molecule has 1 aliphatic heterocycles. The Balaban J connectivity index is 1.34. The van der Waals surface area contributed by atoms with Gasteiger partial charge in [0.15, 0.2) is 11.7 Å². The van der Waals surface area contributed by atoms with Gasteiger partial charge < -0.3 is 20.4 Å². The number of Topliss-reactive ketones (excluding diaryl/α,β-unsaturated/α-hetero) is 1. The molecule has 4 rings (SSSR count). The lowest BCUT2D eigenvalue weighted by Crippen LogP contribution is -2.48. The van der Waals surface area contributed by atoms with Gasteiger partial charge in [0.05, 0.1) is 5.69 Å². The van der Waals surface area contributed by atoms with E-state index < -0.39 is 0 Å². The van der Waals surface area contributed by atoms with Crippen molar-refractivity contribution in [2.45, 2.75) is 128 Å². The van der Waals surface area contributed by atoms with Gasteiger partial charge >= 0.3 is 0 Å². The fraction of sp³-hybridized carbons (Fsp3) is 0.697. The van der Waals surface area contributed by atoms with E-state index in [0.29, 0.717) is 30.2 Å². The van der Waals surface area contributed by atoms with Gasteiger partial charge in [-0.2, -0.15) is 0 Å². The first-order valence-electron chi connectivity index (χ1n) is 16.2. The maximum absolute atomic E-state index is 13.3. The number of guanidine groups is 1. The lowest BCUT2D eigenvalue weighted by Gasteiger charge is -2.34. The number of ketones is 1. The van der Waals surface area contributed by atoms with E-state index in [4.69, 9.17) is 5.73 Å². The molecule has 3 aliphatic rings. The van der Waals surface area contributed by atoms with Crippen LogP contribution in [0.1, 0.15) is 126 Å². The molecular weight excluding hydrogens is 514 g/mol. The van der Waals surface area contributed by atoms with Crippen LogP contribution in [0.25, 0.3) is 0 Å². The molecule has 2 amide bonds. The summed E-state index contributed by atoms with van der Waals surface area (Å²) in [5, 5.41) is 0. The van der Waals surface area contributed by atoms with Gasteiger partial charge in [0, 0.05) is 50.6 Å². The number of unbranched alkanes of at least 4 members (excludes halogenated alkanes) is 3. The van der Waals surface area contributed by atoms with Crippen LogP contribution in [0.5, 0.6) is 0 Å². The minimum absolute atomic E-state index is 0.0297. The van der Waals surface area contributed by atoms with Gasteiger partial charge in [-0.05, 0) is 55.9 Å². The number of likely N-dealkylation sites (N-methyl/N-ethyl adjacent to an activating group) is 1. The summed E-state index contributed by atoms with van der Waals surface area (Å²) in [5.74, 6) is 0.456. The number of benzene rings is 1. The number of carbonyl (C=O) groups is 3. The number of amides is 2. The molecule has 0 atom stereocenters. The molecule has 0 spiro atoms. The second-order valence-electron chi connectivity index (χ2n) is 12.3. The van der Waals surface area contributed by atoms with Crippen molar-refractivity contribution < 1.29 is 14.4 Å². The second kappa shape index (κ2) is 15.4. The van der Waals surface area contributed by atoms with Gasteiger partial charge in [0.2, 0.25) is 11.8 Å². The molecule has 2 N–H and O–H groups in total. The molecule has 226 valence electrons. The summed E-state index contributed by atoms with van der Waals surface area (Å²) in [6, 6.07) is 6.09. The maximum atomic E-state index is 13.3. The van der Waals surface area contributed by atoms with Crippen LogP contribution in [0.3, 0.4) is 0 Å². The Hall–Kier alpha value is -2.90. The van der Waals surface area contributed by atoms with Crippen LogP contribution >= 0.6 is 0 Å². The average Bonchev–Trinajstić information content (AvgIpc) is 3.00. The van der Waals surface area contributed by atoms with Crippen molar-refractivity contribution in [2.75, 3.05) is 20.1 Å². The molecule has 0 unspecified atom stereocenters. The number of aliphatic imine (C=N–C) groups is 1. The summed E-state index contributed by atoms with van der Waals surface area (Å²) in [6.07, 6.45) is 16.5. The van der Waals surface area contributed by atoms with Crippen molar-refractivity contribution in [1.82, 2.24) is 14.7 Å². The molecule has 2 saturated carbocycles. The lowest BCUT2D eigenvalue weighted by molar-refractivity contribution is -0.134. The van der Waals surface area contributed by atoms with Crippen molar-refractivity contribution in [3.8, 4) is 0 Å². The third-order valence-electron chi connectivity index (χ3n) is 9.32. The van der Waals surface area contributed by atoms with Gasteiger partial charge in [-0.3, -0.25) is 14.4 Å². The first-order valence-corrected chi connectivity index (χ1v) is 16.2. The molecule has 0 saturated heterocycles. The summed E-state index contributed by atoms with van der Waals surface area (Å²) in [6.45, 7) is 3.61. The van der Waals surface area contributed by atoms with Gasteiger partial charge in [-0.25, -0.2) is 4.99 Å². The van der Waals surface area contributed by atoms with E-state index in [0.717, 1.165) is 56.3 Å². The predicted molar refractivity (Wildman–Crippen MR) is 164 cm³/mol. The molecule has 1 heterocycles. The third kappa shape index (κ3) is 8.55. The summed E-state index contributed by atoms with van der Waals surface area (Å²) >= 11 is 0. The number of carbonyl (C=O) groups excluding carboxylic acids is 3. The largest absolute Gasteiger partial charge is 0.369 e. The Morgan fingerprint density at radius 2 is 1.59 bits per heavy atom. The highest BCUT2D eigenvalue weighted by molar-refractivity contribution is 5.99. The van der Waals surface area contributed by atoms with E-state index in [-0.39, 0.29) is 37.0 Å². The van der Waals surface area contributed by atoms with Crippen LogP contribution in [0, 0.1) is 0 Å². The normalized spacial score (nSPS) is 18.0. The summed E-state index contributed by atoms with van der Waals surface area (Å²) in [7, 11) is 1.89. The molecule has 8 nitrogen and oxygen atoms in total. The molecule has 2 aliphatic carbocycles. The zero-order valence-electron chi connectivity index (χ0n) is 25.4. The van der Waals surface area contributed by atoms with Crippen LogP contribution in [0.15, 0.2) is 23.2 Å². The quantitative estimate of drug-likeness (QED) is 0.236. The molecule has 0 aromatic heterocycles. The van der Waals surface area contributed by atoms with Gasteiger partial charge in [-0.15, -0.1) is 0 Å². The average molecular weight is 566 g/mol. The monoisotopic (exact) mass is 565 g/mol. The Morgan fingerprint density at radius 3 is 2.27 bits per heavy atom. The highest BCUT2D eigenvalue weighted by Crippen LogP contribution is 2.28. The van der Waals surface area contributed by atoms with Gasteiger partial charge in [-0.1, -0.05) is 64.7 Å². The maximum Gasteiger partial charge on any atom is 0.242 e. The Kier molecular flexibility index (Phi) is 11.6. The topological polar surface area (TPSA) is 99.3 Å². The minimum atomic E-state index is -0.0297. The van der Waals surface area contributed by atoms with E-state index in [1.54, 1.807) is 11.0 Å². The number of hydrogen-bond donors (Lipinski definition) is 1. The number of nitrogens with two attached hydrogens (primary N) is 1. The van der Waals surface area contributed by atoms with E-state index in [1.165, 1.54) is 51.4 Å². The standard InChI is InChI=1S/C33H51N5O3/c1-3-4-5-12-21-38(28-15-10-7-11-16-28)31(40)20-19-30(39)25-17-18-29-26(22-25)23-37(33(34)35-29)24-32(41)36(2)27-13-8-6-9-14-27/h17-18,22,27-28H,3-16,19-21,23-24H2,1-2H3,(H2,34,35). The Labute approximate surface area is 246 Å². The van der Waals surface area contributed by atoms with Crippen molar-refractivity contribution in [3.63, 3.8) is 0 Å². The van der Waals surface area contributed by atoms with Gasteiger partial charge in [0.25, 0.3) is 0 Å². The Morgan fingerprint density at radius 1 is 0.902 bits per heavy atom. The molecule has 1 aromatic rings. The molecule has 2 fully saturated rings. The zero-order valence-corrected chi connectivity index (χ0v) is 25.4. The molecule has 41 heavy (non-hydrogen) atoms. The Bertz CT molecular complexity index is 1070. The molecule has 0 radical (unpaired) electrons. The van der Waals surface area contributed by atoms with E-state index in [9.17, 15) is 14.4 Å². The van der Waals surface area contributed by atoms with Crippen molar-refractivity contribution in [1.29, 1.82) is 0 Å². The SMILES string of the molecule is CCCCCCN(C(=O)CCC(=O)c1ccc2c(c1)CN(CC(=O)N(C)C1CCCCC1)C(N)=N2)C1CCCCC1. The molecule has 8 heteroatoms. The number of nitrogens with zero attached hydrogens (tertiary/aromatic N) is 4. The number of fused-ring (bicyclic) bond motifs is 1. The number of rotatable bonds is 13. The van der Waals surface area contributed by atoms with Crippen LogP contribution in [0.4, 0.5) is 5.69 Å². The summed E-state index contributed by atoms with van der Waals surface area (Å²) < 4.78 is 0. The van der Waals surface area contributed by atoms with E-state index in [2.05, 4.69) is 16.8 Å². The molecule has 0 bridgehead atoms. The van der Waals surface area contributed by atoms with Crippen molar-refractivity contribution in [2.24, 2.45) is 10.7 Å². The van der Waals surface area contributed by atoms with Crippen LogP contribution in [-0.2, 0) is 16.1 Å².